The number of carbonyl (C=O) groups excluding carboxylic acids is 2. The lowest BCUT2D eigenvalue weighted by atomic mass is 10.1. The van der Waals surface area contributed by atoms with Crippen molar-refractivity contribution in [2.24, 2.45) is 0 Å². The average Bonchev–Trinajstić information content (AvgIpc) is 2.56. The first-order chi connectivity index (χ1) is 11.0. The summed E-state index contributed by atoms with van der Waals surface area (Å²) in [4.78, 5) is 28.1. The summed E-state index contributed by atoms with van der Waals surface area (Å²) in [7, 11) is 0. The molecular formula is C18H19N3O2. The molecule has 2 amide bonds. The number of pyridine rings is 1. The lowest BCUT2D eigenvalue weighted by Crippen LogP contribution is -2.24. The normalized spacial score (nSPS) is 10.0. The van der Waals surface area contributed by atoms with Crippen molar-refractivity contribution >= 4 is 17.5 Å². The number of hydrogen-bond donors (Lipinski definition) is 2. The van der Waals surface area contributed by atoms with Gasteiger partial charge >= 0.3 is 0 Å². The summed E-state index contributed by atoms with van der Waals surface area (Å²) in [6.07, 6.45) is 4.44. The minimum absolute atomic E-state index is 0.293. The lowest BCUT2D eigenvalue weighted by Gasteiger charge is -2.08. The molecule has 2 N–H and O–H groups in total. The second kappa shape index (κ2) is 7.35. The van der Waals surface area contributed by atoms with Crippen LogP contribution < -0.4 is 10.6 Å². The molecule has 5 nitrogen and oxygen atoms in total. The summed E-state index contributed by atoms with van der Waals surface area (Å²) < 4.78 is 0. The molecule has 2 aromatic rings. The zero-order valence-electron chi connectivity index (χ0n) is 13.2. The number of aromatic nitrogens is 1. The van der Waals surface area contributed by atoms with E-state index in [0.717, 1.165) is 11.1 Å². The first-order valence-corrected chi connectivity index (χ1v) is 7.24. The maximum atomic E-state index is 12.3. The van der Waals surface area contributed by atoms with Crippen LogP contribution in [0.4, 0.5) is 5.69 Å². The van der Waals surface area contributed by atoms with E-state index in [1.165, 1.54) is 18.5 Å². The van der Waals surface area contributed by atoms with Crippen LogP contribution in [0.5, 0.6) is 0 Å². The number of anilines is 1. The Bertz CT molecular complexity index is 754. The first-order valence-electron chi connectivity index (χ1n) is 7.24. The van der Waals surface area contributed by atoms with Gasteiger partial charge in [-0.3, -0.25) is 14.6 Å². The zero-order valence-corrected chi connectivity index (χ0v) is 13.2. The summed E-state index contributed by atoms with van der Waals surface area (Å²) in [5.74, 6) is -0.600. The lowest BCUT2D eigenvalue weighted by molar-refractivity contribution is 0.0957. The number of rotatable bonds is 5. The van der Waals surface area contributed by atoms with E-state index in [0.29, 0.717) is 23.4 Å². The molecule has 0 saturated carbocycles. The van der Waals surface area contributed by atoms with Gasteiger partial charge in [0.15, 0.2) is 0 Å². The Morgan fingerprint density at radius 1 is 1.09 bits per heavy atom. The minimum Gasteiger partial charge on any atom is -0.349 e. The number of amides is 2. The number of aryl methyl sites for hydroxylation is 2. The van der Waals surface area contributed by atoms with Gasteiger partial charge in [0.05, 0.1) is 11.1 Å². The highest BCUT2D eigenvalue weighted by molar-refractivity contribution is 6.05. The molecule has 1 aromatic heterocycles. The molecule has 0 aliphatic rings. The van der Waals surface area contributed by atoms with Crippen LogP contribution in [0.3, 0.4) is 0 Å². The highest BCUT2D eigenvalue weighted by Gasteiger charge is 2.11. The van der Waals surface area contributed by atoms with Gasteiger partial charge in [0.1, 0.15) is 0 Å². The molecule has 0 saturated heterocycles. The smallest absolute Gasteiger partial charge is 0.257 e. The van der Waals surface area contributed by atoms with Crippen molar-refractivity contribution in [2.45, 2.75) is 13.8 Å². The summed E-state index contributed by atoms with van der Waals surface area (Å²) in [6, 6.07) is 7.21. The highest BCUT2D eigenvalue weighted by atomic mass is 16.2. The second-order valence-corrected chi connectivity index (χ2v) is 5.21. The SMILES string of the molecule is C=CCNC(=O)c1cncc(C(=O)Nc2ccc(C)c(C)c2)c1. The number of nitrogens with one attached hydrogen (secondary N) is 2. The standard InChI is InChI=1S/C18H19N3O2/c1-4-7-20-17(22)14-9-15(11-19-10-14)18(23)21-16-6-5-12(2)13(3)8-16/h4-6,8-11H,1,7H2,2-3H3,(H,20,22)(H,21,23). The fourth-order valence-electron chi connectivity index (χ4n) is 1.98. The first kappa shape index (κ1) is 16.4. The summed E-state index contributed by atoms with van der Waals surface area (Å²) in [5.41, 5.74) is 3.62. The predicted molar refractivity (Wildman–Crippen MR) is 90.6 cm³/mol. The van der Waals surface area contributed by atoms with Crippen LogP contribution in [0.25, 0.3) is 0 Å². The Balaban J connectivity index is 2.14. The molecule has 0 atom stereocenters. The van der Waals surface area contributed by atoms with Gasteiger partial charge in [-0.05, 0) is 43.2 Å². The third kappa shape index (κ3) is 4.26. The fraction of sp³-hybridized carbons (Fsp3) is 0.167. The molecule has 1 heterocycles. The van der Waals surface area contributed by atoms with Crippen LogP contribution in [-0.2, 0) is 0 Å². The molecule has 0 aliphatic heterocycles. The van der Waals surface area contributed by atoms with Gasteiger partial charge in [0.2, 0.25) is 0 Å². The van der Waals surface area contributed by atoms with Gasteiger partial charge in [-0.1, -0.05) is 12.1 Å². The van der Waals surface area contributed by atoms with Crippen molar-refractivity contribution < 1.29 is 9.59 Å². The quantitative estimate of drug-likeness (QED) is 0.834. The van der Waals surface area contributed by atoms with E-state index in [1.54, 1.807) is 6.08 Å². The molecule has 0 bridgehead atoms. The van der Waals surface area contributed by atoms with Crippen molar-refractivity contribution in [1.29, 1.82) is 0 Å². The number of hydrogen-bond acceptors (Lipinski definition) is 3. The molecule has 0 aliphatic carbocycles. The van der Waals surface area contributed by atoms with Gasteiger partial charge in [-0.25, -0.2) is 0 Å². The van der Waals surface area contributed by atoms with Crippen LogP contribution in [0.2, 0.25) is 0 Å². The van der Waals surface area contributed by atoms with E-state index < -0.39 is 0 Å². The summed E-state index contributed by atoms with van der Waals surface area (Å²) >= 11 is 0. The Kier molecular flexibility index (Phi) is 5.25. The molecule has 0 spiro atoms. The molecule has 2 rings (SSSR count). The molecule has 0 radical (unpaired) electrons. The van der Waals surface area contributed by atoms with E-state index in [9.17, 15) is 9.59 Å². The van der Waals surface area contributed by atoms with Crippen LogP contribution in [0.1, 0.15) is 31.8 Å². The van der Waals surface area contributed by atoms with Gasteiger partial charge < -0.3 is 10.6 Å². The average molecular weight is 309 g/mol. The van der Waals surface area contributed by atoms with E-state index in [2.05, 4.69) is 22.2 Å². The van der Waals surface area contributed by atoms with Crippen molar-refractivity contribution in [1.82, 2.24) is 10.3 Å². The molecule has 0 fully saturated rings. The molecule has 1 aromatic carbocycles. The maximum Gasteiger partial charge on any atom is 0.257 e. The van der Waals surface area contributed by atoms with Crippen LogP contribution in [0, 0.1) is 13.8 Å². The third-order valence-electron chi connectivity index (χ3n) is 3.43. The highest BCUT2D eigenvalue weighted by Crippen LogP contribution is 2.15. The van der Waals surface area contributed by atoms with Crippen molar-refractivity contribution in [2.75, 3.05) is 11.9 Å². The van der Waals surface area contributed by atoms with Gasteiger partial charge in [0, 0.05) is 24.6 Å². The van der Waals surface area contributed by atoms with Crippen LogP contribution in [0.15, 0.2) is 49.3 Å². The van der Waals surface area contributed by atoms with Crippen LogP contribution in [-0.4, -0.2) is 23.3 Å². The number of nitrogens with zero attached hydrogens (tertiary/aromatic N) is 1. The molecular weight excluding hydrogens is 290 g/mol. The Labute approximate surface area is 135 Å². The predicted octanol–water partition coefficient (Wildman–Crippen LogP) is 2.87. The maximum absolute atomic E-state index is 12.3. The molecule has 118 valence electrons. The van der Waals surface area contributed by atoms with E-state index in [4.69, 9.17) is 0 Å². The Morgan fingerprint density at radius 2 is 1.78 bits per heavy atom. The number of carbonyl (C=O) groups is 2. The van der Waals surface area contributed by atoms with E-state index in [1.807, 2.05) is 32.0 Å². The molecule has 0 unspecified atom stereocenters. The largest absolute Gasteiger partial charge is 0.349 e. The number of benzene rings is 1. The Hall–Kier alpha value is -2.95. The van der Waals surface area contributed by atoms with Gasteiger partial charge in [-0.2, -0.15) is 0 Å². The molecule has 23 heavy (non-hydrogen) atoms. The minimum atomic E-state index is -0.306. The second-order valence-electron chi connectivity index (χ2n) is 5.21. The van der Waals surface area contributed by atoms with Crippen molar-refractivity contribution in [3.63, 3.8) is 0 Å². The van der Waals surface area contributed by atoms with Crippen LogP contribution >= 0.6 is 0 Å². The third-order valence-corrected chi connectivity index (χ3v) is 3.43. The molecule has 5 heteroatoms. The Morgan fingerprint density at radius 3 is 2.43 bits per heavy atom. The van der Waals surface area contributed by atoms with E-state index in [-0.39, 0.29) is 11.8 Å². The van der Waals surface area contributed by atoms with Crippen molar-refractivity contribution in [3.8, 4) is 0 Å². The van der Waals surface area contributed by atoms with E-state index >= 15 is 0 Å². The van der Waals surface area contributed by atoms with Gasteiger partial charge in [0.25, 0.3) is 11.8 Å². The summed E-state index contributed by atoms with van der Waals surface area (Å²) in [5, 5.41) is 5.46. The monoisotopic (exact) mass is 309 g/mol. The topological polar surface area (TPSA) is 71.1 Å². The fourth-order valence-corrected chi connectivity index (χ4v) is 1.98. The van der Waals surface area contributed by atoms with Gasteiger partial charge in [-0.15, -0.1) is 6.58 Å². The zero-order chi connectivity index (χ0) is 16.8. The summed E-state index contributed by atoms with van der Waals surface area (Å²) in [6.45, 7) is 7.89. The van der Waals surface area contributed by atoms with Crippen molar-refractivity contribution in [3.05, 3.63) is 71.6 Å².